The van der Waals surface area contributed by atoms with Crippen molar-refractivity contribution in [3.63, 3.8) is 0 Å². The normalized spacial score (nSPS) is 12.1. The van der Waals surface area contributed by atoms with Crippen LogP contribution >= 0.6 is 23.2 Å². The van der Waals surface area contributed by atoms with Gasteiger partial charge in [-0.15, -0.1) is 0 Å². The maximum Gasteiger partial charge on any atom is 0.169 e. The average molecular weight is 732 g/mol. The minimum atomic E-state index is 0.524. The van der Waals surface area contributed by atoms with E-state index >= 15 is 0 Å². The zero-order chi connectivity index (χ0) is 36.2. The Morgan fingerprint density at radius 3 is 1.09 bits per heavy atom. The summed E-state index contributed by atoms with van der Waals surface area (Å²) in [5, 5.41) is 1.05. The molecule has 2 aliphatic rings. The van der Waals surface area contributed by atoms with Gasteiger partial charge in [-0.1, -0.05) is 29.3 Å². The van der Waals surface area contributed by atoms with Gasteiger partial charge in [-0.05, 0) is 77.4 Å². The summed E-state index contributed by atoms with van der Waals surface area (Å²) in [7, 11) is 6.06. The third-order valence-electron chi connectivity index (χ3n) is 9.77. The van der Waals surface area contributed by atoms with Crippen molar-refractivity contribution < 1.29 is 13.7 Å². The fourth-order valence-corrected chi connectivity index (χ4v) is 7.71. The van der Waals surface area contributed by atoms with Crippen LogP contribution in [0.5, 0.6) is 0 Å². The molecule has 9 heteroatoms. The van der Waals surface area contributed by atoms with E-state index in [2.05, 4.69) is 95.2 Å². The van der Waals surface area contributed by atoms with Crippen molar-refractivity contribution in [2.75, 3.05) is 0 Å². The lowest BCUT2D eigenvalue weighted by Crippen LogP contribution is -2.25. The molecule has 0 spiro atoms. The van der Waals surface area contributed by atoms with Crippen LogP contribution in [0.4, 0.5) is 0 Å². The van der Waals surface area contributed by atoms with Gasteiger partial charge in [0.15, 0.2) is 37.2 Å². The van der Waals surface area contributed by atoms with Crippen molar-refractivity contribution in [3.05, 3.63) is 149 Å². The number of fused-ring (bicyclic) bond motifs is 8. The number of nitrogens with one attached hydrogen (secondary N) is 2. The maximum absolute atomic E-state index is 6.95. The quantitative estimate of drug-likeness (QED) is 0.178. The van der Waals surface area contributed by atoms with Crippen LogP contribution in [0.2, 0.25) is 10.0 Å². The van der Waals surface area contributed by atoms with Gasteiger partial charge < -0.3 is 9.97 Å². The summed E-state index contributed by atoms with van der Waals surface area (Å²) >= 11 is 13.9. The molecule has 8 heterocycles. The highest BCUT2D eigenvalue weighted by atomic mass is 35.5. The Morgan fingerprint density at radius 2 is 0.717 bits per heavy atom. The predicted molar refractivity (Wildman–Crippen MR) is 214 cm³/mol. The number of aromatic amines is 2. The molecule has 0 radical (unpaired) electrons. The number of H-pyrrole nitrogens is 2. The van der Waals surface area contributed by atoms with Gasteiger partial charge in [-0.2, -0.15) is 0 Å². The summed E-state index contributed by atoms with van der Waals surface area (Å²) < 4.78 is 6.09. The molecule has 0 saturated heterocycles. The Bertz CT molecular complexity index is 2650. The molecule has 0 aliphatic carbocycles. The first-order chi connectivity index (χ1) is 25.8. The molecule has 0 fully saturated rings. The Morgan fingerprint density at radius 1 is 0.396 bits per heavy atom. The number of nitrogens with zero attached hydrogens (tertiary/aromatic N) is 5. The van der Waals surface area contributed by atoms with Gasteiger partial charge in [-0.3, -0.25) is 0 Å². The van der Waals surface area contributed by atoms with Gasteiger partial charge in [0.1, 0.15) is 21.1 Å². The number of pyridine rings is 3. The molecule has 2 N–H and O–H groups in total. The molecule has 53 heavy (non-hydrogen) atoms. The molecule has 9 rings (SSSR count). The number of hydrogen-bond acceptors (Lipinski definition) is 2. The summed E-state index contributed by atoms with van der Waals surface area (Å²) in [5.41, 5.74) is 14.4. The number of aryl methyl sites for hydroxylation is 3. The molecule has 0 saturated carbocycles. The topological polar surface area (TPSA) is 69.0 Å². The van der Waals surface area contributed by atoms with Crippen LogP contribution in [0.25, 0.3) is 90.9 Å². The third kappa shape index (κ3) is 5.94. The highest BCUT2D eigenvalue weighted by Crippen LogP contribution is 2.42. The fourth-order valence-electron chi connectivity index (χ4n) is 7.12. The van der Waals surface area contributed by atoms with E-state index in [1.807, 2.05) is 90.0 Å². The van der Waals surface area contributed by atoms with Crippen LogP contribution in [-0.2, 0) is 21.1 Å². The summed E-state index contributed by atoms with van der Waals surface area (Å²) in [6, 6.07) is 26.9. The van der Waals surface area contributed by atoms with Crippen LogP contribution in [-0.4, -0.2) is 19.9 Å². The Balaban J connectivity index is 1.49. The number of hydrogen-bond donors (Lipinski definition) is 2. The van der Waals surface area contributed by atoms with E-state index < -0.39 is 0 Å². The maximum atomic E-state index is 6.95. The van der Waals surface area contributed by atoms with E-state index in [0.717, 1.165) is 83.8 Å². The molecular formula is C44H34Cl2N7+3. The average Bonchev–Trinajstić information content (AvgIpc) is 3.99. The van der Waals surface area contributed by atoms with Crippen molar-refractivity contribution >= 4 is 69.6 Å². The van der Waals surface area contributed by atoms with Crippen LogP contribution in [0, 0.1) is 0 Å². The molecule has 7 aromatic rings. The van der Waals surface area contributed by atoms with E-state index in [-0.39, 0.29) is 0 Å². The highest BCUT2D eigenvalue weighted by Gasteiger charge is 2.22. The van der Waals surface area contributed by atoms with E-state index in [1.165, 1.54) is 0 Å². The van der Waals surface area contributed by atoms with Crippen LogP contribution < -0.4 is 13.7 Å². The molecule has 8 bridgehead atoms. The standard InChI is InChI=1S/C44H33Cl2N7/c1-51-21-15-27(16-22-51)40-32-7-9-34(47-32)41(28-17-23-52(2)24-18-28)36-11-13-38(49-36)44(43-30(45)5-4-6-31(43)46)39-14-12-37(50-39)42(35-10-8-33(40)48-35)29-19-25-53(3)26-20-29/h4-26H,1-3H3,(H,47,48,49,50)/q+2/p+1. The number of aromatic nitrogens is 7. The molecule has 0 unspecified atom stereocenters. The molecule has 6 aromatic heterocycles. The molecule has 2 aliphatic heterocycles. The third-order valence-corrected chi connectivity index (χ3v) is 10.4. The van der Waals surface area contributed by atoms with Crippen LogP contribution in [0.15, 0.2) is 116 Å². The SMILES string of the molecule is C[n+]1ccc(-c2c3nc(c(-c4c(Cl)cccc4Cl)c4nc(c(-c5cc[n+](C)cc5)c5ccc([nH]5)c(-c5cc[n+](C)cc5)c5ccc2[nH]5)C=C4)C=C3)cc1. The first-order valence-electron chi connectivity index (χ1n) is 17.3. The molecule has 7 nitrogen and oxygen atoms in total. The second-order valence-electron chi connectivity index (χ2n) is 13.4. The van der Waals surface area contributed by atoms with E-state index in [0.29, 0.717) is 15.6 Å². The Labute approximate surface area is 316 Å². The zero-order valence-corrected chi connectivity index (χ0v) is 30.8. The van der Waals surface area contributed by atoms with Gasteiger partial charge in [0.2, 0.25) is 0 Å². The largest absolute Gasteiger partial charge is 0.354 e. The molecule has 1 aromatic carbocycles. The fraction of sp³-hybridized carbons (Fsp3) is 0.0682. The molecule has 0 amide bonds. The second kappa shape index (κ2) is 13.1. The monoisotopic (exact) mass is 730 g/mol. The van der Waals surface area contributed by atoms with Crippen LogP contribution in [0.1, 0.15) is 22.8 Å². The second-order valence-corrected chi connectivity index (χ2v) is 14.2. The van der Waals surface area contributed by atoms with Gasteiger partial charge in [0.25, 0.3) is 0 Å². The Hall–Kier alpha value is -6.15. The van der Waals surface area contributed by atoms with Crippen molar-refractivity contribution in [1.82, 2.24) is 19.9 Å². The predicted octanol–water partition coefficient (Wildman–Crippen LogP) is 9.10. The van der Waals surface area contributed by atoms with E-state index in [1.54, 1.807) is 0 Å². The molecular weight excluding hydrogens is 697 g/mol. The van der Waals surface area contributed by atoms with Crippen molar-refractivity contribution in [1.29, 1.82) is 0 Å². The van der Waals surface area contributed by atoms with Crippen molar-refractivity contribution in [2.45, 2.75) is 0 Å². The summed E-state index contributed by atoms with van der Waals surface area (Å²) in [5.74, 6) is 0. The van der Waals surface area contributed by atoms with Gasteiger partial charge >= 0.3 is 0 Å². The minimum Gasteiger partial charge on any atom is -0.354 e. The highest BCUT2D eigenvalue weighted by molar-refractivity contribution is 6.39. The first kappa shape index (κ1) is 32.7. The van der Waals surface area contributed by atoms with Gasteiger partial charge in [-0.25, -0.2) is 23.7 Å². The van der Waals surface area contributed by atoms with Gasteiger partial charge in [0.05, 0.1) is 32.8 Å². The summed E-state index contributed by atoms with van der Waals surface area (Å²) in [6.45, 7) is 0. The summed E-state index contributed by atoms with van der Waals surface area (Å²) in [6.07, 6.45) is 20.5. The number of benzene rings is 1. The lowest BCUT2D eigenvalue weighted by Gasteiger charge is -2.10. The minimum absolute atomic E-state index is 0.524. The molecule has 256 valence electrons. The lowest BCUT2D eigenvalue weighted by atomic mass is 10.0. The molecule has 0 atom stereocenters. The van der Waals surface area contributed by atoms with Crippen molar-refractivity contribution in [2.24, 2.45) is 21.1 Å². The summed E-state index contributed by atoms with van der Waals surface area (Å²) in [4.78, 5) is 18.3. The van der Waals surface area contributed by atoms with Gasteiger partial charge in [0, 0.05) is 86.3 Å². The number of rotatable bonds is 4. The lowest BCUT2D eigenvalue weighted by molar-refractivity contribution is -0.671. The van der Waals surface area contributed by atoms with E-state index in [9.17, 15) is 0 Å². The first-order valence-corrected chi connectivity index (χ1v) is 18.0. The number of halogens is 2. The zero-order valence-electron chi connectivity index (χ0n) is 29.3. The van der Waals surface area contributed by atoms with Crippen molar-refractivity contribution in [3.8, 4) is 44.5 Å². The van der Waals surface area contributed by atoms with E-state index in [4.69, 9.17) is 33.2 Å². The van der Waals surface area contributed by atoms with Crippen LogP contribution in [0.3, 0.4) is 0 Å². The Kier molecular flexibility index (Phi) is 8.10. The smallest absolute Gasteiger partial charge is 0.169 e.